The van der Waals surface area contributed by atoms with Gasteiger partial charge in [-0.3, -0.25) is 4.79 Å². The third-order valence-electron chi connectivity index (χ3n) is 3.06. The van der Waals surface area contributed by atoms with Crippen LogP contribution < -0.4 is 10.5 Å². The Morgan fingerprint density at radius 1 is 1.62 bits per heavy atom. The zero-order chi connectivity index (χ0) is 11.9. The predicted octanol–water partition coefficient (Wildman–Crippen LogP) is 0.301. The molecule has 2 aliphatic carbocycles. The number of hydrogen-bond acceptors (Lipinski definition) is 3. The van der Waals surface area contributed by atoms with Crippen LogP contribution in [0.1, 0.15) is 25.7 Å². The quantitative estimate of drug-likeness (QED) is 0.691. The molecule has 0 heterocycles. The summed E-state index contributed by atoms with van der Waals surface area (Å²) in [5.41, 5.74) is 4.45. The molecule has 7 heteroatoms. The summed E-state index contributed by atoms with van der Waals surface area (Å²) in [6.07, 6.45) is -0.877. The third kappa shape index (κ3) is 2.46. The maximum atomic E-state index is 12.1. The van der Waals surface area contributed by atoms with Gasteiger partial charge in [0.05, 0.1) is 11.4 Å². The van der Waals surface area contributed by atoms with E-state index in [2.05, 4.69) is 4.72 Å². The van der Waals surface area contributed by atoms with E-state index in [1.165, 1.54) is 0 Å². The Morgan fingerprint density at radius 2 is 2.25 bits per heavy atom. The fourth-order valence-corrected chi connectivity index (χ4v) is 2.79. The molecule has 1 unspecified atom stereocenters. The lowest BCUT2D eigenvalue weighted by atomic mass is 10.1. The van der Waals surface area contributed by atoms with E-state index in [0.29, 0.717) is 0 Å². The predicted molar refractivity (Wildman–Crippen MR) is 55.0 cm³/mol. The van der Waals surface area contributed by atoms with Crippen molar-refractivity contribution < 1.29 is 18.1 Å². The maximum Gasteiger partial charge on any atom is 0.281 e. The first-order valence-electron chi connectivity index (χ1n) is 5.22. The van der Waals surface area contributed by atoms with Crippen LogP contribution in [0, 0.1) is 5.92 Å². The van der Waals surface area contributed by atoms with Crippen molar-refractivity contribution in [1.82, 2.24) is 4.72 Å². The summed E-state index contributed by atoms with van der Waals surface area (Å²) in [6.45, 7) is 0. The summed E-state index contributed by atoms with van der Waals surface area (Å²) in [7, 11) is 0. The number of hydrogen-bond donors (Lipinski definition) is 2. The van der Waals surface area contributed by atoms with Gasteiger partial charge >= 0.3 is 0 Å². The largest absolute Gasteiger partial charge is 0.593 e. The fraction of sp³-hybridized carbons (Fsp3) is 0.889. The van der Waals surface area contributed by atoms with Crippen LogP contribution in [0.5, 0.6) is 0 Å². The lowest BCUT2D eigenvalue weighted by Gasteiger charge is -2.14. The molecule has 0 aromatic heterocycles. The van der Waals surface area contributed by atoms with E-state index in [-0.39, 0.29) is 18.1 Å². The van der Waals surface area contributed by atoms with Crippen LogP contribution >= 0.6 is 0 Å². The van der Waals surface area contributed by atoms with Crippen LogP contribution in [0.25, 0.3) is 0 Å². The average Bonchev–Trinajstić information content (AvgIpc) is 3.02. The van der Waals surface area contributed by atoms with Crippen molar-refractivity contribution in [2.75, 3.05) is 0 Å². The van der Waals surface area contributed by atoms with Gasteiger partial charge in [0, 0.05) is 19.3 Å². The molecule has 2 aliphatic rings. The van der Waals surface area contributed by atoms with Gasteiger partial charge in [-0.15, -0.1) is 0 Å². The SMILES string of the molecule is N[C@]1(C(=O)N[S+]([O-])C2CC2)C[C@H]1CC(F)F. The van der Waals surface area contributed by atoms with Crippen molar-refractivity contribution in [2.24, 2.45) is 11.7 Å². The highest BCUT2D eigenvalue weighted by Crippen LogP contribution is 2.45. The molecule has 0 saturated heterocycles. The molecule has 2 saturated carbocycles. The Labute approximate surface area is 95.3 Å². The molecular formula is C9H14F2N2O2S. The Balaban J connectivity index is 1.81. The first kappa shape index (κ1) is 12.1. The summed E-state index contributed by atoms with van der Waals surface area (Å²) in [4.78, 5) is 11.6. The van der Waals surface area contributed by atoms with Gasteiger partial charge in [0.1, 0.15) is 10.8 Å². The zero-order valence-electron chi connectivity index (χ0n) is 8.62. The molecule has 3 atom stereocenters. The zero-order valence-corrected chi connectivity index (χ0v) is 9.43. The molecule has 4 nitrogen and oxygen atoms in total. The van der Waals surface area contributed by atoms with Crippen molar-refractivity contribution in [3.8, 4) is 0 Å². The molecule has 2 fully saturated rings. The second-order valence-corrected chi connectivity index (χ2v) is 5.96. The highest BCUT2D eigenvalue weighted by molar-refractivity contribution is 7.90. The van der Waals surface area contributed by atoms with E-state index in [1.54, 1.807) is 0 Å². The first-order chi connectivity index (χ1) is 7.43. The Morgan fingerprint density at radius 3 is 2.75 bits per heavy atom. The van der Waals surface area contributed by atoms with Gasteiger partial charge in [0.25, 0.3) is 5.91 Å². The van der Waals surface area contributed by atoms with Crippen LogP contribution in [0.2, 0.25) is 0 Å². The van der Waals surface area contributed by atoms with Crippen molar-refractivity contribution >= 4 is 17.3 Å². The van der Waals surface area contributed by atoms with Gasteiger partial charge in [-0.25, -0.2) is 8.78 Å². The van der Waals surface area contributed by atoms with Crippen LogP contribution in [0.3, 0.4) is 0 Å². The maximum absolute atomic E-state index is 12.1. The van der Waals surface area contributed by atoms with Crippen LogP contribution in [-0.2, 0) is 16.2 Å². The molecule has 0 bridgehead atoms. The van der Waals surface area contributed by atoms with Gasteiger partial charge in [0.2, 0.25) is 6.43 Å². The minimum Gasteiger partial charge on any atom is -0.593 e. The lowest BCUT2D eigenvalue weighted by Crippen LogP contribution is -2.47. The Bertz CT molecular complexity index is 301. The van der Waals surface area contributed by atoms with Crippen molar-refractivity contribution in [1.29, 1.82) is 0 Å². The van der Waals surface area contributed by atoms with Gasteiger partial charge < -0.3 is 10.3 Å². The lowest BCUT2D eigenvalue weighted by molar-refractivity contribution is -0.121. The van der Waals surface area contributed by atoms with E-state index >= 15 is 0 Å². The molecule has 0 spiro atoms. The first-order valence-corrected chi connectivity index (χ1v) is 6.43. The van der Waals surface area contributed by atoms with E-state index in [0.717, 1.165) is 12.8 Å². The number of carbonyl (C=O) groups is 1. The molecule has 3 N–H and O–H groups in total. The summed E-state index contributed by atoms with van der Waals surface area (Å²) in [5, 5.41) is 0.0276. The van der Waals surface area contributed by atoms with Crippen LogP contribution in [-0.4, -0.2) is 27.7 Å². The average molecular weight is 252 g/mol. The number of nitrogens with two attached hydrogens (primary N) is 1. The third-order valence-corrected chi connectivity index (χ3v) is 4.52. The number of amides is 1. The molecule has 92 valence electrons. The van der Waals surface area contributed by atoms with Crippen LogP contribution in [0.15, 0.2) is 0 Å². The minimum absolute atomic E-state index is 0.0276. The van der Waals surface area contributed by atoms with Gasteiger partial charge in [-0.05, 0) is 12.3 Å². The van der Waals surface area contributed by atoms with E-state index in [9.17, 15) is 18.1 Å². The summed E-state index contributed by atoms with van der Waals surface area (Å²) < 4.78 is 37.9. The monoisotopic (exact) mass is 252 g/mol. The van der Waals surface area contributed by atoms with Gasteiger partial charge in [-0.2, -0.15) is 4.72 Å². The summed E-state index contributed by atoms with van der Waals surface area (Å²) >= 11 is -1.39. The number of rotatable bonds is 5. The number of alkyl halides is 2. The van der Waals surface area contributed by atoms with Crippen molar-refractivity contribution in [3.63, 3.8) is 0 Å². The van der Waals surface area contributed by atoms with Gasteiger partial charge in [-0.1, -0.05) is 0 Å². The second kappa shape index (κ2) is 4.12. The number of nitrogens with one attached hydrogen (secondary N) is 1. The fourth-order valence-electron chi connectivity index (χ4n) is 1.69. The molecule has 2 rings (SSSR count). The minimum atomic E-state index is -2.45. The molecule has 0 aliphatic heterocycles. The summed E-state index contributed by atoms with van der Waals surface area (Å²) in [6, 6.07) is 0. The van der Waals surface area contributed by atoms with Crippen molar-refractivity contribution in [3.05, 3.63) is 0 Å². The Kier molecular flexibility index (Phi) is 3.11. The normalized spacial score (nSPS) is 34.9. The molecule has 1 amide bonds. The van der Waals surface area contributed by atoms with Gasteiger partial charge in [0.15, 0.2) is 0 Å². The highest BCUT2D eigenvalue weighted by Gasteiger charge is 2.59. The van der Waals surface area contributed by atoms with Crippen molar-refractivity contribution in [2.45, 2.75) is 42.9 Å². The molecular weight excluding hydrogens is 238 g/mol. The summed E-state index contributed by atoms with van der Waals surface area (Å²) in [5.74, 6) is -1.04. The van der Waals surface area contributed by atoms with E-state index in [4.69, 9.17) is 5.73 Å². The van der Waals surface area contributed by atoms with E-state index < -0.39 is 35.2 Å². The molecule has 16 heavy (non-hydrogen) atoms. The topological polar surface area (TPSA) is 78.2 Å². The second-order valence-electron chi connectivity index (χ2n) is 4.50. The standard InChI is InChI=1S/C9H14F2N2O2S/c10-7(11)3-5-4-9(5,12)8(14)13-16(15)6-1-2-6/h5-7H,1-4,12H2,(H,13,14)/t5-,9-,16?/m1/s1. The smallest absolute Gasteiger partial charge is 0.281 e. The Hall–Kier alpha value is -0.400. The molecule has 0 radical (unpaired) electrons. The molecule has 0 aromatic rings. The van der Waals surface area contributed by atoms with Crippen LogP contribution in [0.4, 0.5) is 8.78 Å². The number of carbonyl (C=O) groups excluding carboxylic acids is 1. The molecule has 0 aromatic carbocycles. The number of halogens is 2. The highest BCUT2D eigenvalue weighted by atomic mass is 32.2. The van der Waals surface area contributed by atoms with E-state index in [1.807, 2.05) is 0 Å².